The molecule has 0 saturated carbocycles. The highest BCUT2D eigenvalue weighted by Crippen LogP contribution is 2.32. The molecule has 2 aliphatic rings. The molecule has 138 valence electrons. The molecule has 1 spiro atoms. The van der Waals surface area contributed by atoms with Gasteiger partial charge in [-0.15, -0.1) is 0 Å². The molecule has 1 amide bonds. The maximum absolute atomic E-state index is 12.6. The van der Waals surface area contributed by atoms with Gasteiger partial charge in [0, 0.05) is 31.5 Å². The number of cyclic esters (lactones) is 1. The van der Waals surface area contributed by atoms with Crippen LogP contribution in [-0.2, 0) is 14.3 Å². The third-order valence-electron chi connectivity index (χ3n) is 4.37. The Kier molecular flexibility index (Phi) is 4.94. The number of rotatable bonds is 1. The van der Waals surface area contributed by atoms with Crippen LogP contribution >= 0.6 is 11.3 Å². The number of nitrogens with zero attached hydrogens (tertiary/aromatic N) is 2. The fourth-order valence-corrected chi connectivity index (χ4v) is 3.77. The van der Waals surface area contributed by atoms with Crippen LogP contribution in [0.15, 0.2) is 18.2 Å². The first-order valence-corrected chi connectivity index (χ1v) is 8.67. The molecular weight excluding hydrogens is 362 g/mol. The Labute approximate surface area is 152 Å². The van der Waals surface area contributed by atoms with Gasteiger partial charge in [-0.2, -0.15) is 0 Å². The fraction of sp³-hybridized carbons (Fsp3) is 0.375. The summed E-state index contributed by atoms with van der Waals surface area (Å²) in [4.78, 5) is 38.1. The number of nitrogens with two attached hydrogens (primary N) is 1. The van der Waals surface area contributed by atoms with Gasteiger partial charge in [-0.1, -0.05) is 11.3 Å². The molecule has 1 aromatic heterocycles. The van der Waals surface area contributed by atoms with Crippen LogP contribution in [0.1, 0.15) is 23.2 Å². The van der Waals surface area contributed by atoms with Crippen LogP contribution < -0.4 is 5.73 Å². The average Bonchev–Trinajstić information content (AvgIpc) is 3.17. The average molecular weight is 379 g/mol. The van der Waals surface area contributed by atoms with Gasteiger partial charge in [-0.3, -0.25) is 9.59 Å². The third-order valence-corrected chi connectivity index (χ3v) is 5.23. The number of hydrogen-bond acceptors (Lipinski definition) is 8. The van der Waals surface area contributed by atoms with Gasteiger partial charge >= 0.3 is 6.16 Å². The number of carbonyl (C=O) groups excluding carboxylic acids is 2. The zero-order chi connectivity index (χ0) is 18.7. The molecular formula is C16H17N3O6S. The molecule has 0 radical (unpaired) electrons. The smallest absolute Gasteiger partial charge is 0.483 e. The minimum absolute atomic E-state index is 0.0430. The van der Waals surface area contributed by atoms with E-state index in [1.54, 1.807) is 17.0 Å². The lowest BCUT2D eigenvalue weighted by Gasteiger charge is -2.36. The number of aromatic nitrogens is 1. The van der Waals surface area contributed by atoms with Gasteiger partial charge in [0.2, 0.25) is 0 Å². The highest BCUT2D eigenvalue weighted by molar-refractivity contribution is 7.22. The number of amides is 1. The third kappa shape index (κ3) is 3.54. The maximum atomic E-state index is 12.6. The van der Waals surface area contributed by atoms with Crippen molar-refractivity contribution < 1.29 is 29.0 Å². The largest absolute Gasteiger partial charge is 0.509 e. The number of fused-ring (bicyclic) bond motifs is 1. The summed E-state index contributed by atoms with van der Waals surface area (Å²) in [6.07, 6.45) is 0.573. The van der Waals surface area contributed by atoms with Gasteiger partial charge < -0.3 is 25.2 Å². The normalized spacial score (nSPS) is 18.0. The van der Waals surface area contributed by atoms with E-state index in [1.807, 2.05) is 6.07 Å². The van der Waals surface area contributed by atoms with E-state index in [0.717, 1.165) is 10.2 Å². The van der Waals surface area contributed by atoms with Crippen molar-refractivity contribution in [3.63, 3.8) is 0 Å². The Balaban J connectivity index is 0.000000613. The van der Waals surface area contributed by atoms with E-state index in [9.17, 15) is 9.59 Å². The van der Waals surface area contributed by atoms with Crippen molar-refractivity contribution in [3.05, 3.63) is 23.8 Å². The van der Waals surface area contributed by atoms with E-state index in [4.69, 9.17) is 25.1 Å². The highest BCUT2D eigenvalue weighted by Gasteiger charge is 2.45. The lowest BCUT2D eigenvalue weighted by Crippen LogP contribution is -2.48. The number of ether oxygens (including phenoxy) is 2. The van der Waals surface area contributed by atoms with Crippen LogP contribution in [0, 0.1) is 0 Å². The number of carboxylic acid groups (broad SMARTS) is 1. The molecule has 0 bridgehead atoms. The first kappa shape index (κ1) is 17.9. The first-order valence-electron chi connectivity index (χ1n) is 7.85. The Morgan fingerprint density at radius 3 is 2.69 bits per heavy atom. The molecule has 26 heavy (non-hydrogen) atoms. The summed E-state index contributed by atoms with van der Waals surface area (Å²) in [5, 5.41) is 7.38. The van der Waals surface area contributed by atoms with Crippen LogP contribution in [0.25, 0.3) is 10.2 Å². The first-order chi connectivity index (χ1) is 12.5. The molecule has 3 heterocycles. The van der Waals surface area contributed by atoms with E-state index >= 15 is 0 Å². The molecule has 3 N–H and O–H groups in total. The summed E-state index contributed by atoms with van der Waals surface area (Å²) in [5.41, 5.74) is 6.48. The van der Waals surface area contributed by atoms with Crippen molar-refractivity contribution in [1.82, 2.24) is 9.88 Å². The number of benzene rings is 1. The van der Waals surface area contributed by atoms with E-state index < -0.39 is 11.8 Å². The van der Waals surface area contributed by atoms with Crippen molar-refractivity contribution in [2.75, 3.05) is 25.4 Å². The quantitative estimate of drug-likeness (QED) is 0.565. The Morgan fingerprint density at radius 1 is 1.38 bits per heavy atom. The maximum Gasteiger partial charge on any atom is 0.509 e. The molecule has 2 aliphatic heterocycles. The predicted molar refractivity (Wildman–Crippen MR) is 93.0 cm³/mol. The summed E-state index contributed by atoms with van der Waals surface area (Å²) < 4.78 is 11.1. The standard InChI is InChI=1S/C15H15N3O4S.CH2O2/c16-13-17-10-7-9(1-2-11(10)23-13)12(19)18-5-3-15(4-6-18)8-21-14(20)22-15;2-1-3/h1-2,7H,3-6,8H2,(H2,16,17);1H,(H,2,3). The van der Waals surface area contributed by atoms with Gasteiger partial charge in [0.05, 0.1) is 10.2 Å². The summed E-state index contributed by atoms with van der Waals surface area (Å²) in [6, 6.07) is 5.44. The second-order valence-corrected chi connectivity index (χ2v) is 7.02. The molecule has 1 aromatic carbocycles. The van der Waals surface area contributed by atoms with E-state index in [0.29, 0.717) is 36.6 Å². The minimum atomic E-state index is -0.614. The summed E-state index contributed by atoms with van der Waals surface area (Å²) in [5.74, 6) is -0.0430. The highest BCUT2D eigenvalue weighted by atomic mass is 32.1. The molecule has 0 atom stereocenters. The second kappa shape index (κ2) is 7.16. The lowest BCUT2D eigenvalue weighted by molar-refractivity contribution is -0.122. The van der Waals surface area contributed by atoms with E-state index in [1.165, 1.54) is 11.3 Å². The number of likely N-dealkylation sites (tertiary alicyclic amines) is 1. The van der Waals surface area contributed by atoms with Gasteiger partial charge in [0.25, 0.3) is 12.4 Å². The van der Waals surface area contributed by atoms with E-state index in [-0.39, 0.29) is 19.0 Å². The minimum Gasteiger partial charge on any atom is -0.483 e. The van der Waals surface area contributed by atoms with Crippen LogP contribution in [0.3, 0.4) is 0 Å². The van der Waals surface area contributed by atoms with Gasteiger partial charge in [-0.25, -0.2) is 9.78 Å². The fourth-order valence-electron chi connectivity index (χ4n) is 3.05. The summed E-state index contributed by atoms with van der Waals surface area (Å²) >= 11 is 1.40. The van der Waals surface area contributed by atoms with Crippen LogP contribution in [0.4, 0.5) is 9.93 Å². The topological polar surface area (TPSA) is 132 Å². The van der Waals surface area contributed by atoms with Crippen molar-refractivity contribution in [2.45, 2.75) is 18.4 Å². The SMILES string of the molecule is Nc1nc2cc(C(=O)N3CCC4(CC3)COC(=O)O4)ccc2s1.O=CO. The molecule has 9 nitrogen and oxygen atoms in total. The van der Waals surface area contributed by atoms with Gasteiger partial charge in [0.15, 0.2) is 10.7 Å². The molecule has 2 saturated heterocycles. The second-order valence-electron chi connectivity index (χ2n) is 5.96. The number of thiazole rings is 1. The molecule has 4 rings (SSSR count). The van der Waals surface area contributed by atoms with Crippen molar-refractivity contribution in [2.24, 2.45) is 0 Å². The van der Waals surface area contributed by atoms with Gasteiger partial charge in [0.1, 0.15) is 6.61 Å². The van der Waals surface area contributed by atoms with Crippen LogP contribution in [0.5, 0.6) is 0 Å². The van der Waals surface area contributed by atoms with Crippen molar-refractivity contribution in [1.29, 1.82) is 0 Å². The molecule has 0 aliphatic carbocycles. The van der Waals surface area contributed by atoms with Gasteiger partial charge in [-0.05, 0) is 18.2 Å². The number of nitrogen functional groups attached to an aromatic ring is 1. The lowest BCUT2D eigenvalue weighted by atomic mass is 9.92. The van der Waals surface area contributed by atoms with Crippen molar-refractivity contribution in [3.8, 4) is 0 Å². The number of hydrogen-bond donors (Lipinski definition) is 2. The van der Waals surface area contributed by atoms with Crippen molar-refractivity contribution >= 4 is 45.2 Å². The number of piperidine rings is 1. The number of anilines is 1. The zero-order valence-electron chi connectivity index (χ0n) is 13.7. The Bertz CT molecular complexity index is 844. The molecule has 2 aromatic rings. The predicted octanol–water partition coefficient (Wildman–Crippen LogP) is 1.72. The summed E-state index contributed by atoms with van der Waals surface area (Å²) in [6.45, 7) is 1.09. The monoisotopic (exact) mass is 379 g/mol. The van der Waals surface area contributed by atoms with Crippen LogP contribution in [0.2, 0.25) is 0 Å². The van der Waals surface area contributed by atoms with E-state index in [2.05, 4.69) is 4.98 Å². The molecule has 0 unspecified atom stereocenters. The Morgan fingerprint density at radius 2 is 2.08 bits per heavy atom. The van der Waals surface area contributed by atoms with Crippen LogP contribution in [-0.4, -0.2) is 58.8 Å². The Hall–Kier alpha value is -2.88. The summed E-state index contributed by atoms with van der Waals surface area (Å²) in [7, 11) is 0. The number of carbonyl (C=O) groups is 3. The molecule has 2 fully saturated rings. The zero-order valence-corrected chi connectivity index (χ0v) is 14.5. The molecule has 10 heteroatoms.